The quantitative estimate of drug-likeness (QED) is 0.672. The van der Waals surface area contributed by atoms with E-state index in [4.69, 9.17) is 18.8 Å². The summed E-state index contributed by atoms with van der Waals surface area (Å²) < 4.78 is 48.3. The summed E-state index contributed by atoms with van der Waals surface area (Å²) in [6, 6.07) is 5.51. The molecule has 0 N–H and O–H groups in total. The van der Waals surface area contributed by atoms with Crippen molar-refractivity contribution >= 4 is 22.4 Å². The van der Waals surface area contributed by atoms with Crippen molar-refractivity contribution in [3.8, 4) is 5.75 Å². The highest BCUT2D eigenvalue weighted by atomic mass is 32.2. The van der Waals surface area contributed by atoms with Crippen molar-refractivity contribution < 1.29 is 27.2 Å². The lowest BCUT2D eigenvalue weighted by Crippen LogP contribution is -2.41. The molecule has 2 aliphatic heterocycles. The Bertz CT molecular complexity index is 783. The molecule has 0 spiro atoms. The molecule has 2 saturated heterocycles. The van der Waals surface area contributed by atoms with Crippen LogP contribution in [-0.4, -0.2) is 51.8 Å². The lowest BCUT2D eigenvalue weighted by Gasteiger charge is -2.32. The smallest absolute Gasteiger partial charge is 0.491 e. The standard InChI is InChI=1S/C20H31BO6S/c1-6-28(22,23)14-15-7-8-18(25-16-9-11-24-12-10-16)17(13-15)21-26-19(2,3)20(4,5)27-21/h7-8,13,16H,6,9-12,14H2,1-5H3. The minimum Gasteiger partial charge on any atom is -0.491 e. The summed E-state index contributed by atoms with van der Waals surface area (Å²) in [5.41, 5.74) is 0.484. The molecule has 0 amide bonds. The minimum absolute atomic E-state index is 0.00639. The second-order valence-electron chi connectivity index (χ2n) is 8.57. The van der Waals surface area contributed by atoms with E-state index in [2.05, 4.69) is 0 Å². The van der Waals surface area contributed by atoms with Crippen LogP contribution < -0.4 is 10.2 Å². The van der Waals surface area contributed by atoms with Gasteiger partial charge in [-0.05, 0) is 39.3 Å². The highest BCUT2D eigenvalue weighted by molar-refractivity contribution is 7.90. The molecule has 0 bridgehead atoms. The van der Waals surface area contributed by atoms with Crippen LogP contribution in [0.4, 0.5) is 0 Å². The van der Waals surface area contributed by atoms with Crippen molar-refractivity contribution in [2.45, 2.75) is 70.5 Å². The average molecular weight is 410 g/mol. The molecule has 8 heteroatoms. The Hall–Kier alpha value is -1.09. The zero-order valence-corrected chi connectivity index (χ0v) is 18.3. The molecule has 1 aromatic rings. The van der Waals surface area contributed by atoms with E-state index in [-0.39, 0.29) is 17.6 Å². The molecule has 28 heavy (non-hydrogen) atoms. The van der Waals surface area contributed by atoms with Crippen LogP contribution in [0.3, 0.4) is 0 Å². The Morgan fingerprint density at radius 3 is 2.29 bits per heavy atom. The molecule has 0 radical (unpaired) electrons. The van der Waals surface area contributed by atoms with Gasteiger partial charge in [0.2, 0.25) is 0 Å². The average Bonchev–Trinajstić information content (AvgIpc) is 2.84. The fraction of sp³-hybridized carbons (Fsp3) is 0.700. The van der Waals surface area contributed by atoms with E-state index in [0.717, 1.165) is 18.3 Å². The fourth-order valence-electron chi connectivity index (χ4n) is 3.28. The number of sulfone groups is 1. The SMILES string of the molecule is CCS(=O)(=O)Cc1ccc(OC2CCOCC2)c(B2OC(C)(C)C(C)(C)O2)c1. The van der Waals surface area contributed by atoms with Crippen LogP contribution in [0.25, 0.3) is 0 Å². The maximum Gasteiger partial charge on any atom is 0.498 e. The Balaban J connectivity index is 1.93. The van der Waals surface area contributed by atoms with Gasteiger partial charge in [-0.2, -0.15) is 0 Å². The highest BCUT2D eigenvalue weighted by Gasteiger charge is 2.52. The largest absolute Gasteiger partial charge is 0.498 e. The van der Waals surface area contributed by atoms with Gasteiger partial charge < -0.3 is 18.8 Å². The van der Waals surface area contributed by atoms with Crippen LogP contribution >= 0.6 is 0 Å². The van der Waals surface area contributed by atoms with Crippen molar-refractivity contribution in [1.82, 2.24) is 0 Å². The summed E-state index contributed by atoms with van der Waals surface area (Å²) in [6.45, 7) is 11.0. The second kappa shape index (κ2) is 7.97. The minimum atomic E-state index is -3.14. The second-order valence-corrected chi connectivity index (χ2v) is 10.9. The molecule has 0 aliphatic carbocycles. The van der Waals surface area contributed by atoms with E-state index >= 15 is 0 Å². The van der Waals surface area contributed by atoms with Crippen LogP contribution in [0.2, 0.25) is 0 Å². The fourth-order valence-corrected chi connectivity index (χ4v) is 4.17. The third-order valence-corrected chi connectivity index (χ3v) is 7.52. The number of hydrogen-bond acceptors (Lipinski definition) is 6. The first kappa shape index (κ1) is 21.6. The van der Waals surface area contributed by atoms with E-state index in [1.165, 1.54) is 0 Å². The summed E-state index contributed by atoms with van der Waals surface area (Å²) in [6.07, 6.45) is 1.73. The topological polar surface area (TPSA) is 71.1 Å². The zero-order valence-electron chi connectivity index (χ0n) is 17.5. The molecule has 2 aliphatic rings. The van der Waals surface area contributed by atoms with Crippen LogP contribution in [0.15, 0.2) is 18.2 Å². The lowest BCUT2D eigenvalue weighted by atomic mass is 9.77. The number of hydrogen-bond donors (Lipinski definition) is 0. The number of ether oxygens (including phenoxy) is 2. The summed E-state index contributed by atoms with van der Waals surface area (Å²) >= 11 is 0. The van der Waals surface area contributed by atoms with E-state index in [1.54, 1.807) is 6.92 Å². The monoisotopic (exact) mass is 410 g/mol. The molecule has 0 aromatic heterocycles. The molecule has 1 aromatic carbocycles. The van der Waals surface area contributed by atoms with Gasteiger partial charge in [0.15, 0.2) is 9.84 Å². The van der Waals surface area contributed by atoms with Gasteiger partial charge in [-0.3, -0.25) is 0 Å². The maximum absolute atomic E-state index is 12.1. The normalized spacial score (nSPS) is 22.4. The highest BCUT2D eigenvalue weighted by Crippen LogP contribution is 2.37. The molecule has 3 rings (SSSR count). The third-order valence-electron chi connectivity index (χ3n) is 5.87. The summed E-state index contributed by atoms with van der Waals surface area (Å²) in [5.74, 6) is 0.787. The van der Waals surface area contributed by atoms with Gasteiger partial charge in [0.25, 0.3) is 0 Å². The zero-order chi connectivity index (χ0) is 20.6. The van der Waals surface area contributed by atoms with Crippen molar-refractivity contribution in [3.05, 3.63) is 23.8 Å². The molecule has 2 fully saturated rings. The third kappa shape index (κ3) is 4.73. The van der Waals surface area contributed by atoms with Crippen LogP contribution in [0.1, 0.15) is 53.0 Å². The van der Waals surface area contributed by atoms with E-state index in [0.29, 0.717) is 24.5 Å². The predicted molar refractivity (Wildman–Crippen MR) is 110 cm³/mol. The van der Waals surface area contributed by atoms with Gasteiger partial charge in [0, 0.05) is 24.1 Å². The van der Waals surface area contributed by atoms with Gasteiger partial charge in [-0.15, -0.1) is 0 Å². The maximum atomic E-state index is 12.1. The Labute approximate surface area is 169 Å². The van der Waals surface area contributed by atoms with Crippen molar-refractivity contribution in [1.29, 1.82) is 0 Å². The van der Waals surface area contributed by atoms with Crippen molar-refractivity contribution in [2.24, 2.45) is 0 Å². The van der Waals surface area contributed by atoms with Gasteiger partial charge in [0.1, 0.15) is 11.9 Å². The van der Waals surface area contributed by atoms with Gasteiger partial charge in [0.05, 0.1) is 30.2 Å². The lowest BCUT2D eigenvalue weighted by molar-refractivity contribution is 0.00578. The van der Waals surface area contributed by atoms with Crippen molar-refractivity contribution in [2.75, 3.05) is 19.0 Å². The first-order chi connectivity index (χ1) is 13.0. The Morgan fingerprint density at radius 2 is 1.71 bits per heavy atom. The first-order valence-electron chi connectivity index (χ1n) is 9.96. The molecule has 0 unspecified atom stereocenters. The van der Waals surface area contributed by atoms with Crippen LogP contribution in [0.5, 0.6) is 5.75 Å². The summed E-state index contributed by atoms with van der Waals surface area (Å²) in [4.78, 5) is 0. The summed E-state index contributed by atoms with van der Waals surface area (Å²) in [7, 11) is -3.74. The van der Waals surface area contributed by atoms with E-state index in [1.807, 2.05) is 45.9 Å². The van der Waals surface area contributed by atoms with Crippen LogP contribution in [-0.2, 0) is 29.6 Å². The predicted octanol–water partition coefficient (Wildman–Crippen LogP) is 2.48. The molecule has 0 saturated carbocycles. The Morgan fingerprint density at radius 1 is 1.11 bits per heavy atom. The van der Waals surface area contributed by atoms with Gasteiger partial charge >= 0.3 is 7.12 Å². The Kier molecular flexibility index (Phi) is 6.16. The molecule has 6 nitrogen and oxygen atoms in total. The molecular formula is C20H31BO6S. The van der Waals surface area contributed by atoms with Gasteiger partial charge in [-0.1, -0.05) is 19.1 Å². The van der Waals surface area contributed by atoms with Crippen molar-refractivity contribution in [3.63, 3.8) is 0 Å². The molecular weight excluding hydrogens is 379 g/mol. The number of benzene rings is 1. The van der Waals surface area contributed by atoms with E-state index in [9.17, 15) is 8.42 Å². The first-order valence-corrected chi connectivity index (χ1v) is 11.8. The summed E-state index contributed by atoms with van der Waals surface area (Å²) in [5, 5.41) is 0. The van der Waals surface area contributed by atoms with Crippen LogP contribution in [0, 0.1) is 0 Å². The van der Waals surface area contributed by atoms with E-state index < -0.39 is 28.2 Å². The number of rotatable bonds is 6. The molecule has 156 valence electrons. The molecule has 2 heterocycles. The van der Waals surface area contributed by atoms with Gasteiger partial charge in [-0.25, -0.2) is 8.42 Å². The molecule has 0 atom stereocenters.